The van der Waals surface area contributed by atoms with E-state index in [9.17, 15) is 0 Å². The molecule has 0 unspecified atom stereocenters. The van der Waals surface area contributed by atoms with Crippen molar-refractivity contribution in [3.8, 4) is 0 Å². The lowest BCUT2D eigenvalue weighted by Gasteiger charge is -2.10. The zero-order valence-electron chi connectivity index (χ0n) is 12.5. The van der Waals surface area contributed by atoms with E-state index in [1.807, 2.05) is 0 Å². The van der Waals surface area contributed by atoms with Crippen LogP contribution in [0.1, 0.15) is 50.0 Å². The Labute approximate surface area is 130 Å². The molecule has 5 heteroatoms. The predicted octanol–water partition coefficient (Wildman–Crippen LogP) is 3.57. The molecule has 1 aromatic heterocycles. The Morgan fingerprint density at radius 3 is 2.76 bits per heavy atom. The van der Waals surface area contributed by atoms with E-state index in [1.54, 1.807) is 11.8 Å². The topological polar surface area (TPSA) is 56.7 Å². The summed E-state index contributed by atoms with van der Waals surface area (Å²) < 4.78 is 2.28. The molecule has 0 fully saturated rings. The third-order valence-electron chi connectivity index (χ3n) is 4.03. The number of hydrogen-bond acceptors (Lipinski definition) is 4. The summed E-state index contributed by atoms with van der Waals surface area (Å²) in [4.78, 5) is 1.20. The molecule has 0 spiro atoms. The van der Waals surface area contributed by atoms with E-state index in [2.05, 4.69) is 46.0 Å². The highest BCUT2D eigenvalue weighted by Crippen LogP contribution is 2.29. The average Bonchev–Trinajstić information content (AvgIpc) is 2.75. The minimum Gasteiger partial charge on any atom is -0.324 e. The summed E-state index contributed by atoms with van der Waals surface area (Å²) in [5.74, 6) is 1.14. The van der Waals surface area contributed by atoms with Gasteiger partial charge in [-0.2, -0.15) is 0 Å². The molecule has 2 aromatic rings. The second-order valence-electron chi connectivity index (χ2n) is 5.55. The quantitative estimate of drug-likeness (QED) is 0.938. The van der Waals surface area contributed by atoms with Gasteiger partial charge in [-0.1, -0.05) is 25.5 Å². The monoisotopic (exact) mass is 302 g/mol. The summed E-state index contributed by atoms with van der Waals surface area (Å²) in [5.41, 5.74) is 7.25. The van der Waals surface area contributed by atoms with E-state index in [1.165, 1.54) is 29.7 Å². The Morgan fingerprint density at radius 2 is 2.00 bits per heavy atom. The molecule has 1 aliphatic rings. The molecule has 1 atom stereocenters. The lowest BCUT2D eigenvalue weighted by atomic mass is 10.1. The van der Waals surface area contributed by atoms with E-state index in [-0.39, 0.29) is 6.04 Å². The van der Waals surface area contributed by atoms with Crippen LogP contribution in [0.2, 0.25) is 0 Å². The standard InChI is InChI=1S/C16H22N4S/c1-2-14(17)12-7-9-13(10-8-12)21-16-19-18-15-6-4-3-5-11-20(15)16/h7-10,14H,2-6,11,17H2,1H3/t14-/m1/s1. The Kier molecular flexibility index (Phi) is 4.60. The number of nitrogens with zero attached hydrogens (tertiary/aromatic N) is 3. The van der Waals surface area contributed by atoms with Gasteiger partial charge in [0.1, 0.15) is 5.82 Å². The fourth-order valence-corrected chi connectivity index (χ4v) is 3.53. The molecular formula is C16H22N4S. The van der Waals surface area contributed by atoms with Crippen LogP contribution in [0.25, 0.3) is 0 Å². The molecule has 0 bridgehead atoms. The van der Waals surface area contributed by atoms with Gasteiger partial charge in [0.25, 0.3) is 0 Å². The van der Waals surface area contributed by atoms with Crippen LogP contribution >= 0.6 is 11.8 Å². The first kappa shape index (κ1) is 14.6. The van der Waals surface area contributed by atoms with Crippen molar-refractivity contribution < 1.29 is 0 Å². The summed E-state index contributed by atoms with van der Waals surface area (Å²) in [7, 11) is 0. The van der Waals surface area contributed by atoms with Crippen LogP contribution in [-0.4, -0.2) is 14.8 Å². The number of benzene rings is 1. The lowest BCUT2D eigenvalue weighted by Crippen LogP contribution is -2.08. The van der Waals surface area contributed by atoms with Crippen LogP contribution in [0, 0.1) is 0 Å². The number of fused-ring (bicyclic) bond motifs is 1. The highest BCUT2D eigenvalue weighted by Gasteiger charge is 2.15. The van der Waals surface area contributed by atoms with Crippen LogP contribution in [0.4, 0.5) is 0 Å². The third kappa shape index (κ3) is 3.30. The van der Waals surface area contributed by atoms with Crippen LogP contribution in [0.15, 0.2) is 34.3 Å². The van der Waals surface area contributed by atoms with E-state index in [4.69, 9.17) is 5.73 Å². The van der Waals surface area contributed by atoms with Crippen molar-refractivity contribution in [2.45, 2.75) is 61.7 Å². The van der Waals surface area contributed by atoms with E-state index < -0.39 is 0 Å². The SMILES string of the molecule is CC[C@@H](N)c1ccc(Sc2nnc3n2CCCCC3)cc1. The molecule has 1 aliphatic heterocycles. The van der Waals surface area contributed by atoms with Gasteiger partial charge >= 0.3 is 0 Å². The Morgan fingerprint density at radius 1 is 1.19 bits per heavy atom. The summed E-state index contributed by atoms with van der Waals surface area (Å²) in [6, 6.07) is 8.64. The van der Waals surface area contributed by atoms with Crippen molar-refractivity contribution in [1.29, 1.82) is 0 Å². The summed E-state index contributed by atoms with van der Waals surface area (Å²) >= 11 is 1.69. The van der Waals surface area contributed by atoms with Gasteiger partial charge in [0.05, 0.1) is 0 Å². The van der Waals surface area contributed by atoms with Crippen molar-refractivity contribution in [1.82, 2.24) is 14.8 Å². The van der Waals surface area contributed by atoms with Crippen LogP contribution < -0.4 is 5.73 Å². The van der Waals surface area contributed by atoms with Crippen LogP contribution in [0.3, 0.4) is 0 Å². The maximum Gasteiger partial charge on any atom is 0.196 e. The van der Waals surface area contributed by atoms with Gasteiger partial charge in [0, 0.05) is 23.9 Å². The first-order valence-corrected chi connectivity index (χ1v) is 8.55. The van der Waals surface area contributed by atoms with Crippen molar-refractivity contribution >= 4 is 11.8 Å². The highest BCUT2D eigenvalue weighted by molar-refractivity contribution is 7.99. The van der Waals surface area contributed by atoms with Crippen molar-refractivity contribution in [2.24, 2.45) is 5.73 Å². The van der Waals surface area contributed by atoms with Gasteiger partial charge in [-0.05, 0) is 48.7 Å². The molecule has 21 heavy (non-hydrogen) atoms. The molecule has 0 saturated heterocycles. The third-order valence-corrected chi connectivity index (χ3v) is 5.03. The maximum absolute atomic E-state index is 6.06. The molecule has 4 nitrogen and oxygen atoms in total. The minimum absolute atomic E-state index is 0.133. The number of aryl methyl sites for hydroxylation is 1. The molecular weight excluding hydrogens is 280 g/mol. The number of aromatic nitrogens is 3. The zero-order chi connectivity index (χ0) is 14.7. The zero-order valence-corrected chi connectivity index (χ0v) is 13.3. The summed E-state index contributed by atoms with van der Waals surface area (Å²) in [6.45, 7) is 3.16. The number of hydrogen-bond donors (Lipinski definition) is 1. The summed E-state index contributed by atoms with van der Waals surface area (Å²) in [6.07, 6.45) is 5.76. The molecule has 2 N–H and O–H groups in total. The van der Waals surface area contributed by atoms with Gasteiger partial charge in [-0.15, -0.1) is 10.2 Å². The molecule has 2 heterocycles. The van der Waals surface area contributed by atoms with Gasteiger partial charge < -0.3 is 10.3 Å². The minimum atomic E-state index is 0.133. The highest BCUT2D eigenvalue weighted by atomic mass is 32.2. The normalized spacial score (nSPS) is 16.3. The van der Waals surface area contributed by atoms with Crippen molar-refractivity contribution in [3.05, 3.63) is 35.7 Å². The first-order valence-electron chi connectivity index (χ1n) is 7.73. The fraction of sp³-hybridized carbons (Fsp3) is 0.500. The summed E-state index contributed by atoms with van der Waals surface area (Å²) in [5, 5.41) is 9.72. The molecule has 112 valence electrons. The van der Waals surface area contributed by atoms with E-state index in [0.717, 1.165) is 30.4 Å². The molecule has 0 radical (unpaired) electrons. The van der Waals surface area contributed by atoms with Gasteiger partial charge in [-0.3, -0.25) is 0 Å². The average molecular weight is 302 g/mol. The smallest absolute Gasteiger partial charge is 0.196 e. The van der Waals surface area contributed by atoms with Gasteiger partial charge in [0.15, 0.2) is 5.16 Å². The molecule has 0 amide bonds. The number of nitrogens with two attached hydrogens (primary N) is 1. The second-order valence-corrected chi connectivity index (χ2v) is 6.59. The van der Waals surface area contributed by atoms with Crippen LogP contribution in [0.5, 0.6) is 0 Å². The molecule has 1 aromatic carbocycles. The second kappa shape index (κ2) is 6.62. The lowest BCUT2D eigenvalue weighted by molar-refractivity contribution is 0.591. The van der Waals surface area contributed by atoms with Crippen molar-refractivity contribution in [3.63, 3.8) is 0 Å². The first-order chi connectivity index (χ1) is 10.3. The predicted molar refractivity (Wildman–Crippen MR) is 85.4 cm³/mol. The molecule has 0 aliphatic carbocycles. The Bertz CT molecular complexity index is 591. The van der Waals surface area contributed by atoms with Crippen LogP contribution in [-0.2, 0) is 13.0 Å². The van der Waals surface area contributed by atoms with E-state index in [0.29, 0.717) is 0 Å². The van der Waals surface area contributed by atoms with Gasteiger partial charge in [-0.25, -0.2) is 0 Å². The van der Waals surface area contributed by atoms with Gasteiger partial charge in [0.2, 0.25) is 0 Å². The Hall–Kier alpha value is -1.33. The van der Waals surface area contributed by atoms with Crippen molar-refractivity contribution in [2.75, 3.05) is 0 Å². The van der Waals surface area contributed by atoms with E-state index >= 15 is 0 Å². The fourth-order valence-electron chi connectivity index (χ4n) is 2.66. The Balaban J connectivity index is 1.76. The molecule has 0 saturated carbocycles. The molecule has 3 rings (SSSR count). The maximum atomic E-state index is 6.06. The number of rotatable bonds is 4. The largest absolute Gasteiger partial charge is 0.324 e.